The van der Waals surface area contributed by atoms with Crippen molar-refractivity contribution in [3.8, 4) is 0 Å². The zero-order valence-corrected chi connectivity index (χ0v) is 11.6. The summed E-state index contributed by atoms with van der Waals surface area (Å²) in [6, 6.07) is 0. The number of thioether (sulfide) groups is 1. The van der Waals surface area contributed by atoms with Crippen molar-refractivity contribution < 1.29 is 19.1 Å². The van der Waals surface area contributed by atoms with Crippen LogP contribution in [0.2, 0.25) is 0 Å². The molecule has 0 aromatic heterocycles. The number of esters is 2. The smallest absolute Gasteiger partial charge is 0.349 e. The third-order valence-electron chi connectivity index (χ3n) is 2.20. The van der Waals surface area contributed by atoms with E-state index in [1.54, 1.807) is 13.8 Å². The second-order valence-electron chi connectivity index (χ2n) is 4.78. The van der Waals surface area contributed by atoms with Gasteiger partial charge in [-0.25, -0.2) is 9.59 Å². The minimum absolute atomic E-state index is 0.0468. The van der Waals surface area contributed by atoms with Gasteiger partial charge in [-0.15, -0.1) is 11.8 Å². The van der Waals surface area contributed by atoms with Gasteiger partial charge in [0.1, 0.15) is 0 Å². The number of hydrogen-bond donors (Lipinski definition) is 0. The molecular weight excluding hydrogens is 240 g/mol. The van der Waals surface area contributed by atoms with Crippen LogP contribution in [-0.2, 0) is 19.1 Å². The summed E-state index contributed by atoms with van der Waals surface area (Å²) in [5, 5.41) is 0. The second kappa shape index (κ2) is 5.12. The molecule has 0 radical (unpaired) electrons. The Labute approximate surface area is 106 Å². The van der Waals surface area contributed by atoms with Gasteiger partial charge in [-0.2, -0.15) is 0 Å². The SMILES string of the molecule is CSC(CC(C)C)=C1C(=O)OC(C)(C)OC1=O. The number of cyclic esters (lactones) is 2. The van der Waals surface area contributed by atoms with Crippen LogP contribution in [0.15, 0.2) is 10.5 Å². The first-order valence-corrected chi connectivity index (χ1v) is 6.73. The van der Waals surface area contributed by atoms with Gasteiger partial charge in [-0.1, -0.05) is 13.8 Å². The Morgan fingerprint density at radius 3 is 2.06 bits per heavy atom. The highest BCUT2D eigenvalue weighted by Gasteiger charge is 2.40. The van der Waals surface area contributed by atoms with E-state index in [1.807, 2.05) is 20.1 Å². The fourth-order valence-electron chi connectivity index (χ4n) is 1.54. The Morgan fingerprint density at radius 2 is 1.71 bits per heavy atom. The summed E-state index contributed by atoms with van der Waals surface area (Å²) >= 11 is 1.39. The molecule has 0 aliphatic carbocycles. The standard InChI is InChI=1S/C12H18O4S/c1-7(2)6-8(17-5)9-10(13)15-12(3,4)16-11(9)14/h7H,6H2,1-5H3. The molecule has 0 atom stereocenters. The van der Waals surface area contributed by atoms with E-state index in [4.69, 9.17) is 9.47 Å². The zero-order chi connectivity index (χ0) is 13.2. The van der Waals surface area contributed by atoms with Crippen LogP contribution in [-0.4, -0.2) is 24.0 Å². The third-order valence-corrected chi connectivity index (χ3v) is 3.07. The molecule has 1 heterocycles. The summed E-state index contributed by atoms with van der Waals surface area (Å²) in [7, 11) is 0. The molecule has 0 bridgehead atoms. The molecule has 0 amide bonds. The summed E-state index contributed by atoms with van der Waals surface area (Å²) in [5.74, 6) is -1.98. The average molecular weight is 258 g/mol. The van der Waals surface area contributed by atoms with Gasteiger partial charge in [-0.3, -0.25) is 0 Å². The summed E-state index contributed by atoms with van der Waals surface area (Å²) in [6.07, 6.45) is 2.51. The normalized spacial score (nSPS) is 19.1. The van der Waals surface area contributed by atoms with Crippen LogP contribution in [0.5, 0.6) is 0 Å². The molecule has 1 fully saturated rings. The lowest BCUT2D eigenvalue weighted by atomic mass is 10.1. The topological polar surface area (TPSA) is 52.6 Å². The van der Waals surface area contributed by atoms with Crippen molar-refractivity contribution in [2.75, 3.05) is 6.26 Å². The summed E-state index contributed by atoms with van der Waals surface area (Å²) in [6.45, 7) is 7.14. The quantitative estimate of drug-likeness (QED) is 0.442. The minimum Gasteiger partial charge on any atom is -0.419 e. The maximum Gasteiger partial charge on any atom is 0.349 e. The Hall–Kier alpha value is -0.970. The number of carbonyl (C=O) groups excluding carboxylic acids is 2. The lowest BCUT2D eigenvalue weighted by Gasteiger charge is -2.30. The van der Waals surface area contributed by atoms with E-state index in [-0.39, 0.29) is 5.57 Å². The monoisotopic (exact) mass is 258 g/mol. The highest BCUT2D eigenvalue weighted by Crippen LogP contribution is 2.31. The fourth-order valence-corrected chi connectivity index (χ4v) is 2.41. The van der Waals surface area contributed by atoms with E-state index in [0.717, 1.165) is 4.91 Å². The maximum absolute atomic E-state index is 11.8. The van der Waals surface area contributed by atoms with Gasteiger partial charge in [0, 0.05) is 18.8 Å². The van der Waals surface area contributed by atoms with E-state index < -0.39 is 17.7 Å². The number of carbonyl (C=O) groups is 2. The van der Waals surface area contributed by atoms with Crippen molar-refractivity contribution in [2.45, 2.75) is 39.9 Å². The lowest BCUT2D eigenvalue weighted by molar-refractivity contribution is -0.222. The van der Waals surface area contributed by atoms with Gasteiger partial charge in [0.05, 0.1) is 0 Å². The maximum atomic E-state index is 11.8. The number of allylic oxidation sites excluding steroid dienone is 1. The molecule has 5 heteroatoms. The zero-order valence-electron chi connectivity index (χ0n) is 10.8. The van der Waals surface area contributed by atoms with E-state index in [0.29, 0.717) is 12.3 Å². The highest BCUT2D eigenvalue weighted by atomic mass is 32.2. The summed E-state index contributed by atoms with van der Waals surface area (Å²) in [5.41, 5.74) is 0.0468. The Balaban J connectivity index is 3.07. The predicted molar refractivity (Wildman–Crippen MR) is 66.3 cm³/mol. The molecule has 1 rings (SSSR count). The highest BCUT2D eigenvalue weighted by molar-refractivity contribution is 8.02. The molecule has 96 valence electrons. The molecule has 0 unspecified atom stereocenters. The number of ether oxygens (including phenoxy) is 2. The predicted octanol–water partition coefficient (Wildman–Crippen LogP) is 2.49. The Kier molecular flexibility index (Phi) is 4.25. The molecule has 0 aromatic rings. The van der Waals surface area contributed by atoms with Crippen molar-refractivity contribution >= 4 is 23.7 Å². The van der Waals surface area contributed by atoms with Crippen LogP contribution >= 0.6 is 11.8 Å². The first-order chi connectivity index (χ1) is 7.76. The third kappa shape index (κ3) is 3.49. The van der Waals surface area contributed by atoms with Gasteiger partial charge in [0.2, 0.25) is 0 Å². The lowest BCUT2D eigenvalue weighted by Crippen LogP contribution is -2.42. The largest absolute Gasteiger partial charge is 0.419 e. The molecule has 1 saturated heterocycles. The van der Waals surface area contributed by atoms with Crippen LogP contribution in [0, 0.1) is 5.92 Å². The molecule has 0 spiro atoms. The van der Waals surface area contributed by atoms with E-state index in [1.165, 1.54) is 11.8 Å². The molecule has 0 aromatic carbocycles. The molecule has 1 aliphatic rings. The Bertz CT molecular complexity index is 347. The summed E-state index contributed by atoms with van der Waals surface area (Å²) in [4.78, 5) is 24.3. The van der Waals surface area contributed by atoms with Crippen LogP contribution in [0.4, 0.5) is 0 Å². The van der Waals surface area contributed by atoms with E-state index in [2.05, 4.69) is 0 Å². The van der Waals surface area contributed by atoms with Gasteiger partial charge < -0.3 is 9.47 Å². The molecular formula is C12H18O4S. The van der Waals surface area contributed by atoms with E-state index >= 15 is 0 Å². The van der Waals surface area contributed by atoms with Crippen LogP contribution in [0.3, 0.4) is 0 Å². The molecule has 0 saturated carbocycles. The van der Waals surface area contributed by atoms with Gasteiger partial charge in [0.25, 0.3) is 5.79 Å². The van der Waals surface area contributed by atoms with Gasteiger partial charge in [-0.05, 0) is 18.6 Å². The molecule has 1 aliphatic heterocycles. The van der Waals surface area contributed by atoms with Crippen LogP contribution in [0.1, 0.15) is 34.1 Å². The van der Waals surface area contributed by atoms with Crippen molar-refractivity contribution in [1.82, 2.24) is 0 Å². The van der Waals surface area contributed by atoms with Gasteiger partial charge in [0.15, 0.2) is 5.57 Å². The minimum atomic E-state index is -1.17. The fraction of sp³-hybridized carbons (Fsp3) is 0.667. The first-order valence-electron chi connectivity index (χ1n) is 5.50. The second-order valence-corrected chi connectivity index (χ2v) is 5.68. The van der Waals surface area contributed by atoms with Crippen LogP contribution in [0.25, 0.3) is 0 Å². The Morgan fingerprint density at radius 1 is 1.24 bits per heavy atom. The molecule has 17 heavy (non-hydrogen) atoms. The molecule has 4 nitrogen and oxygen atoms in total. The average Bonchev–Trinajstić information content (AvgIpc) is 2.12. The number of hydrogen-bond acceptors (Lipinski definition) is 5. The van der Waals surface area contributed by atoms with E-state index in [9.17, 15) is 9.59 Å². The van der Waals surface area contributed by atoms with Crippen molar-refractivity contribution in [1.29, 1.82) is 0 Å². The van der Waals surface area contributed by atoms with Crippen LogP contribution < -0.4 is 0 Å². The molecule has 0 N–H and O–H groups in total. The first kappa shape index (κ1) is 14.1. The van der Waals surface area contributed by atoms with Crippen molar-refractivity contribution in [3.63, 3.8) is 0 Å². The summed E-state index contributed by atoms with van der Waals surface area (Å²) < 4.78 is 10.1. The van der Waals surface area contributed by atoms with Crippen molar-refractivity contribution in [2.24, 2.45) is 5.92 Å². The van der Waals surface area contributed by atoms with Crippen molar-refractivity contribution in [3.05, 3.63) is 10.5 Å². The number of rotatable bonds is 3. The van der Waals surface area contributed by atoms with Gasteiger partial charge >= 0.3 is 11.9 Å².